The second-order valence-corrected chi connectivity index (χ2v) is 6.81. The summed E-state index contributed by atoms with van der Waals surface area (Å²) in [6, 6.07) is 11.1. The summed E-state index contributed by atoms with van der Waals surface area (Å²) in [5, 5.41) is 14.6. The lowest BCUT2D eigenvalue weighted by atomic mass is 10.0. The van der Waals surface area contributed by atoms with Crippen LogP contribution in [0.15, 0.2) is 42.5 Å². The molecule has 1 atom stereocenters. The van der Waals surface area contributed by atoms with E-state index in [0.29, 0.717) is 23.9 Å². The smallest absolute Gasteiger partial charge is 0.313 e. The van der Waals surface area contributed by atoms with Crippen molar-refractivity contribution in [1.29, 1.82) is 0 Å². The molecule has 0 saturated carbocycles. The third kappa shape index (κ3) is 4.56. The fourth-order valence-electron chi connectivity index (χ4n) is 3.09. The molecule has 0 bridgehead atoms. The lowest BCUT2D eigenvalue weighted by Crippen LogP contribution is -2.46. The van der Waals surface area contributed by atoms with Crippen LogP contribution in [0.2, 0.25) is 5.02 Å². The number of piperidine rings is 1. The maximum atomic E-state index is 12.7. The molecule has 3 rings (SSSR count). The van der Waals surface area contributed by atoms with Gasteiger partial charge in [-0.2, -0.15) is 0 Å². The van der Waals surface area contributed by atoms with Gasteiger partial charge in [0, 0.05) is 35.8 Å². The highest BCUT2D eigenvalue weighted by atomic mass is 35.5. The van der Waals surface area contributed by atoms with Gasteiger partial charge in [-0.05, 0) is 56.3 Å². The Hall–Kier alpha value is -2.64. The first-order chi connectivity index (χ1) is 13.0. The van der Waals surface area contributed by atoms with Crippen LogP contribution in [0.1, 0.15) is 23.2 Å². The van der Waals surface area contributed by atoms with E-state index >= 15 is 0 Å². The molecule has 1 unspecified atom stereocenters. The van der Waals surface area contributed by atoms with E-state index in [1.807, 2.05) is 11.9 Å². The molecule has 27 heavy (non-hydrogen) atoms. The summed E-state index contributed by atoms with van der Waals surface area (Å²) < 4.78 is 5.61. The van der Waals surface area contributed by atoms with Crippen molar-refractivity contribution in [3.63, 3.8) is 0 Å². The van der Waals surface area contributed by atoms with Gasteiger partial charge in [-0.15, -0.1) is 0 Å². The normalized spacial score (nSPS) is 16.8. The van der Waals surface area contributed by atoms with E-state index in [2.05, 4.69) is 5.32 Å². The topological polar surface area (TPSA) is 84.7 Å². The third-order valence-corrected chi connectivity index (χ3v) is 4.80. The lowest BCUT2D eigenvalue weighted by Gasteiger charge is -2.32. The van der Waals surface area contributed by atoms with E-state index in [0.717, 1.165) is 19.4 Å². The second-order valence-electron chi connectivity index (χ2n) is 6.37. The molecule has 0 aliphatic carbocycles. The number of likely N-dealkylation sites (tertiary alicyclic amines) is 1. The molecule has 142 valence electrons. The van der Waals surface area contributed by atoms with Crippen molar-refractivity contribution in [2.45, 2.75) is 18.9 Å². The molecule has 1 heterocycles. The largest absolute Gasteiger partial charge is 0.450 e. The van der Waals surface area contributed by atoms with Crippen molar-refractivity contribution in [1.82, 2.24) is 10.2 Å². The first kappa shape index (κ1) is 19.1. The van der Waals surface area contributed by atoms with Crippen LogP contribution in [-0.4, -0.2) is 41.9 Å². The van der Waals surface area contributed by atoms with E-state index in [1.54, 1.807) is 24.3 Å². The molecule has 1 amide bonds. The Labute approximate surface area is 162 Å². The van der Waals surface area contributed by atoms with Gasteiger partial charge in [-0.3, -0.25) is 14.9 Å². The Morgan fingerprint density at radius 1 is 1.30 bits per heavy atom. The van der Waals surface area contributed by atoms with Crippen molar-refractivity contribution in [3.8, 4) is 11.5 Å². The zero-order valence-corrected chi connectivity index (χ0v) is 15.6. The molecule has 1 saturated heterocycles. The number of carbonyl (C=O) groups excluding carboxylic acids is 1. The minimum atomic E-state index is -0.548. The Bertz CT molecular complexity index is 841. The first-order valence-corrected chi connectivity index (χ1v) is 9.04. The van der Waals surface area contributed by atoms with E-state index in [-0.39, 0.29) is 22.4 Å². The Morgan fingerprint density at radius 3 is 2.70 bits per heavy atom. The van der Waals surface area contributed by atoms with Gasteiger partial charge in [0.2, 0.25) is 5.75 Å². The zero-order valence-electron chi connectivity index (χ0n) is 14.9. The van der Waals surface area contributed by atoms with Crippen LogP contribution in [0.25, 0.3) is 0 Å². The van der Waals surface area contributed by atoms with Gasteiger partial charge in [0.25, 0.3) is 5.91 Å². The number of benzene rings is 2. The number of ether oxygens (including phenoxy) is 1. The number of amides is 1. The molecule has 0 spiro atoms. The number of nitro groups is 1. The number of hydrogen-bond acceptors (Lipinski definition) is 5. The van der Waals surface area contributed by atoms with Crippen LogP contribution in [0.4, 0.5) is 5.69 Å². The van der Waals surface area contributed by atoms with Crippen LogP contribution >= 0.6 is 11.6 Å². The van der Waals surface area contributed by atoms with Gasteiger partial charge >= 0.3 is 5.69 Å². The Kier molecular flexibility index (Phi) is 5.93. The molecule has 0 radical (unpaired) electrons. The Balaban J connectivity index is 1.72. The summed E-state index contributed by atoms with van der Waals surface area (Å²) in [6.45, 7) is 1.43. The molecule has 1 fully saturated rings. The van der Waals surface area contributed by atoms with Crippen LogP contribution in [0, 0.1) is 10.1 Å². The fraction of sp³-hybridized carbons (Fsp3) is 0.316. The van der Waals surface area contributed by atoms with Crippen LogP contribution in [0.3, 0.4) is 0 Å². The van der Waals surface area contributed by atoms with E-state index in [9.17, 15) is 14.9 Å². The average molecular weight is 390 g/mol. The molecule has 8 heteroatoms. The number of nitrogens with zero attached hydrogens (tertiary/aromatic N) is 2. The molecule has 2 aromatic carbocycles. The van der Waals surface area contributed by atoms with Crippen LogP contribution in [0.5, 0.6) is 11.5 Å². The van der Waals surface area contributed by atoms with Gasteiger partial charge in [0.05, 0.1) is 4.92 Å². The number of halogens is 1. The number of carbonyl (C=O) groups is 1. The summed E-state index contributed by atoms with van der Waals surface area (Å²) in [5.41, 5.74) is 0.346. The van der Waals surface area contributed by atoms with Crippen LogP contribution < -0.4 is 10.1 Å². The second kappa shape index (κ2) is 8.37. The number of nitrogens with one attached hydrogen (secondary N) is 1. The van der Waals surface area contributed by atoms with Crippen molar-refractivity contribution >= 4 is 23.2 Å². The Morgan fingerprint density at radius 2 is 2.04 bits per heavy atom. The number of rotatable bonds is 5. The zero-order chi connectivity index (χ0) is 19.4. The van der Waals surface area contributed by atoms with Gasteiger partial charge in [0.15, 0.2) is 0 Å². The minimum absolute atomic E-state index is 0.0287. The molecule has 1 N–H and O–H groups in total. The van der Waals surface area contributed by atoms with Crippen molar-refractivity contribution in [3.05, 3.63) is 63.2 Å². The number of nitro benzene ring substituents is 1. The lowest BCUT2D eigenvalue weighted by molar-refractivity contribution is -0.385. The number of likely N-dealkylation sites (N-methyl/N-ethyl adjacent to an activating group) is 1. The average Bonchev–Trinajstić information content (AvgIpc) is 2.69. The predicted octanol–water partition coefficient (Wildman–Crippen LogP) is 3.86. The van der Waals surface area contributed by atoms with Crippen molar-refractivity contribution < 1.29 is 14.5 Å². The van der Waals surface area contributed by atoms with Gasteiger partial charge in [-0.25, -0.2) is 0 Å². The highest BCUT2D eigenvalue weighted by Crippen LogP contribution is 2.33. The standard InChI is InChI=1S/C19H20ClN3O4/c1-21-15-3-2-10-22(12-15)19(24)13-4-7-16(8-5-13)27-18-9-6-14(20)11-17(18)23(25)26/h4-9,11,15,21H,2-3,10,12H2,1H3. The predicted molar refractivity (Wildman–Crippen MR) is 103 cm³/mol. The highest BCUT2D eigenvalue weighted by Gasteiger charge is 2.23. The monoisotopic (exact) mass is 389 g/mol. The molecule has 1 aliphatic heterocycles. The summed E-state index contributed by atoms with van der Waals surface area (Å²) >= 11 is 5.81. The highest BCUT2D eigenvalue weighted by molar-refractivity contribution is 6.30. The summed E-state index contributed by atoms with van der Waals surface area (Å²) in [6.07, 6.45) is 2.03. The summed E-state index contributed by atoms with van der Waals surface area (Å²) in [5.74, 6) is 0.471. The molecular formula is C19H20ClN3O4. The third-order valence-electron chi connectivity index (χ3n) is 4.56. The van der Waals surface area contributed by atoms with Crippen molar-refractivity contribution in [2.24, 2.45) is 0 Å². The quantitative estimate of drug-likeness (QED) is 0.620. The summed E-state index contributed by atoms with van der Waals surface area (Å²) in [4.78, 5) is 25.1. The maximum absolute atomic E-state index is 12.7. The maximum Gasteiger partial charge on any atom is 0.313 e. The van der Waals surface area contributed by atoms with E-state index in [1.165, 1.54) is 18.2 Å². The molecule has 7 nitrogen and oxygen atoms in total. The molecule has 0 aromatic heterocycles. The molecule has 1 aliphatic rings. The minimum Gasteiger partial charge on any atom is -0.450 e. The van der Waals surface area contributed by atoms with Gasteiger partial charge < -0.3 is 15.0 Å². The summed E-state index contributed by atoms with van der Waals surface area (Å²) in [7, 11) is 1.90. The SMILES string of the molecule is CNC1CCCN(C(=O)c2ccc(Oc3ccc(Cl)cc3[N+](=O)[O-])cc2)C1. The molecular weight excluding hydrogens is 370 g/mol. The van der Waals surface area contributed by atoms with E-state index in [4.69, 9.17) is 16.3 Å². The van der Waals surface area contributed by atoms with Gasteiger partial charge in [0.1, 0.15) is 5.75 Å². The van der Waals surface area contributed by atoms with Crippen LogP contribution in [-0.2, 0) is 0 Å². The first-order valence-electron chi connectivity index (χ1n) is 8.66. The van der Waals surface area contributed by atoms with Crippen molar-refractivity contribution in [2.75, 3.05) is 20.1 Å². The van der Waals surface area contributed by atoms with E-state index < -0.39 is 4.92 Å². The fourth-order valence-corrected chi connectivity index (χ4v) is 3.26. The number of hydrogen-bond donors (Lipinski definition) is 1. The molecule has 2 aromatic rings. The van der Waals surface area contributed by atoms with Gasteiger partial charge in [-0.1, -0.05) is 11.6 Å².